The molecule has 2 fully saturated rings. The van der Waals surface area contributed by atoms with Crippen molar-refractivity contribution in [2.24, 2.45) is 0 Å². The van der Waals surface area contributed by atoms with Gasteiger partial charge in [0.05, 0.1) is 0 Å². The van der Waals surface area contributed by atoms with Crippen LogP contribution in [-0.4, -0.2) is 69.6 Å². The molecular weight excluding hydrogens is 672 g/mol. The molecule has 3 aromatic carbocycles. The average molecular weight is 707 g/mol. The van der Waals surface area contributed by atoms with E-state index in [0.717, 1.165) is 11.4 Å². The number of nitrogens with zero attached hydrogens (tertiary/aromatic N) is 3. The third kappa shape index (κ3) is 6.64. The average Bonchev–Trinajstić information content (AvgIpc) is 3.66. The van der Waals surface area contributed by atoms with Crippen molar-refractivity contribution in [3.05, 3.63) is 94.6 Å². The van der Waals surface area contributed by atoms with Gasteiger partial charge in [-0.3, -0.25) is 24.1 Å². The number of amides is 4. The predicted octanol–water partition coefficient (Wildman–Crippen LogP) is 6.12. The van der Waals surface area contributed by atoms with E-state index in [1.807, 2.05) is 54.6 Å². The first-order chi connectivity index (χ1) is 22.4. The van der Waals surface area contributed by atoms with E-state index in [1.165, 1.54) is 36.1 Å². The van der Waals surface area contributed by atoms with E-state index in [4.69, 9.17) is 0 Å². The highest BCUT2D eigenvalue weighted by molar-refractivity contribution is 9.10. The van der Waals surface area contributed by atoms with E-state index < -0.39 is 29.8 Å². The van der Waals surface area contributed by atoms with Crippen LogP contribution in [0.25, 0.3) is 10.9 Å². The second kappa shape index (κ2) is 12.9. The predicted molar refractivity (Wildman–Crippen MR) is 177 cm³/mol. The maximum Gasteiger partial charge on any atom is 0.270 e. The summed E-state index contributed by atoms with van der Waals surface area (Å²) in [5.41, 5.74) is 1.67. The molecule has 4 aromatic rings. The molecule has 2 aliphatic rings. The third-order valence-corrected chi connectivity index (χ3v) is 9.45. The largest absolute Gasteiger partial charge is 0.351 e. The number of halogens is 3. The first-order valence-electron chi connectivity index (χ1n) is 15.4. The lowest BCUT2D eigenvalue weighted by atomic mass is 10.1. The van der Waals surface area contributed by atoms with Gasteiger partial charge in [0.15, 0.2) is 0 Å². The number of fused-ring (bicyclic) bond motifs is 2. The molecule has 3 atom stereocenters. The van der Waals surface area contributed by atoms with E-state index in [9.17, 15) is 28.0 Å². The van der Waals surface area contributed by atoms with Crippen LogP contribution in [0.5, 0.6) is 0 Å². The highest BCUT2D eigenvalue weighted by Gasteiger charge is 2.46. The van der Waals surface area contributed by atoms with Gasteiger partial charge in [-0.2, -0.15) is 0 Å². The van der Waals surface area contributed by atoms with E-state index in [-0.39, 0.29) is 35.7 Å². The standard InChI is InChI=1S/C35H34BrF2N5O4/c1-21(44)41-17-16-27-13-15-31(34(47)42(25-6-4-3-5-7-25)26-11-9-24(36)10-12-26)43(27)33(46)30(20-41)40-32(45)29-19-22-18-23(35(2,37)38)8-14-28(22)39-29/h3-12,14,18-19,27,30-31,39H,13,15-17,20H2,1-2H3,(H,40,45)/t27-,30+,31+/m1/s1. The summed E-state index contributed by atoms with van der Waals surface area (Å²) in [4.78, 5) is 62.7. The van der Waals surface area contributed by atoms with Crippen molar-refractivity contribution in [1.29, 1.82) is 0 Å². The Morgan fingerprint density at radius 3 is 2.34 bits per heavy atom. The van der Waals surface area contributed by atoms with Crippen LogP contribution in [0.3, 0.4) is 0 Å². The van der Waals surface area contributed by atoms with Gasteiger partial charge in [-0.1, -0.05) is 40.2 Å². The molecule has 0 saturated carbocycles. The Balaban J connectivity index is 1.31. The van der Waals surface area contributed by atoms with Gasteiger partial charge in [0, 0.05) is 65.3 Å². The van der Waals surface area contributed by atoms with E-state index in [1.54, 1.807) is 9.80 Å². The number of alkyl halides is 2. The summed E-state index contributed by atoms with van der Waals surface area (Å²) >= 11 is 3.45. The van der Waals surface area contributed by atoms with Gasteiger partial charge in [-0.15, -0.1) is 0 Å². The lowest BCUT2D eigenvalue weighted by molar-refractivity contribution is -0.144. The Morgan fingerprint density at radius 1 is 0.957 bits per heavy atom. The summed E-state index contributed by atoms with van der Waals surface area (Å²) in [6.45, 7) is 2.49. The van der Waals surface area contributed by atoms with Crippen molar-refractivity contribution >= 4 is 61.8 Å². The molecule has 0 radical (unpaired) electrons. The van der Waals surface area contributed by atoms with Gasteiger partial charge >= 0.3 is 0 Å². The minimum absolute atomic E-state index is 0.0778. The number of aromatic amines is 1. The molecule has 2 saturated heterocycles. The zero-order valence-electron chi connectivity index (χ0n) is 25.9. The van der Waals surface area contributed by atoms with Gasteiger partial charge in [0.2, 0.25) is 11.8 Å². The quantitative estimate of drug-likeness (QED) is 0.252. The number of hydrogen-bond acceptors (Lipinski definition) is 4. The number of benzene rings is 3. The highest BCUT2D eigenvalue weighted by Crippen LogP contribution is 2.35. The molecule has 12 heteroatoms. The van der Waals surface area contributed by atoms with Crippen LogP contribution in [0.1, 0.15) is 49.2 Å². The maximum absolute atomic E-state index is 14.5. The summed E-state index contributed by atoms with van der Waals surface area (Å²) in [6.07, 6.45) is 1.47. The minimum Gasteiger partial charge on any atom is -0.351 e. The number of H-pyrrole nitrogens is 1. The van der Waals surface area contributed by atoms with Crippen molar-refractivity contribution in [2.75, 3.05) is 18.0 Å². The third-order valence-electron chi connectivity index (χ3n) is 8.92. The number of carbonyl (C=O) groups excluding carboxylic acids is 4. The number of anilines is 2. The zero-order chi connectivity index (χ0) is 33.5. The van der Waals surface area contributed by atoms with Crippen LogP contribution >= 0.6 is 15.9 Å². The first kappa shape index (κ1) is 32.4. The number of para-hydroxylation sites is 1. The maximum atomic E-state index is 14.5. The number of nitrogens with one attached hydrogen (secondary N) is 2. The molecule has 2 N–H and O–H groups in total. The van der Waals surface area contributed by atoms with Gasteiger partial charge in [-0.05, 0) is 73.9 Å². The topological polar surface area (TPSA) is 106 Å². The SMILES string of the molecule is CC(=O)N1CC[C@H]2CC[C@@H](C(=O)N(c3ccccc3)c3ccc(Br)cc3)N2C(=O)[C@@H](NC(=O)c2cc3cc(C(C)(F)F)ccc3[nH]2)C1. The molecule has 4 amide bonds. The minimum atomic E-state index is -3.05. The monoisotopic (exact) mass is 705 g/mol. The Labute approximate surface area is 279 Å². The van der Waals surface area contributed by atoms with Gasteiger partial charge in [0.1, 0.15) is 17.8 Å². The second-order valence-electron chi connectivity index (χ2n) is 12.1. The number of rotatable bonds is 6. The van der Waals surface area contributed by atoms with E-state index in [0.29, 0.717) is 48.1 Å². The smallest absolute Gasteiger partial charge is 0.270 e. The van der Waals surface area contributed by atoms with E-state index in [2.05, 4.69) is 26.2 Å². The van der Waals surface area contributed by atoms with Crippen molar-refractivity contribution in [1.82, 2.24) is 20.1 Å². The molecule has 0 bridgehead atoms. The van der Waals surface area contributed by atoms with E-state index >= 15 is 0 Å². The summed E-state index contributed by atoms with van der Waals surface area (Å²) in [7, 11) is 0. The first-order valence-corrected chi connectivity index (χ1v) is 16.2. The number of hydrogen-bond donors (Lipinski definition) is 2. The van der Waals surface area contributed by atoms with Gasteiger partial charge in [0.25, 0.3) is 17.7 Å². The van der Waals surface area contributed by atoms with Crippen LogP contribution in [-0.2, 0) is 20.3 Å². The molecule has 244 valence electrons. The molecule has 0 aliphatic carbocycles. The molecule has 0 spiro atoms. The fraction of sp³-hybridized carbons (Fsp3) is 0.314. The molecule has 9 nitrogen and oxygen atoms in total. The molecule has 0 unspecified atom stereocenters. The molecule has 3 heterocycles. The lowest BCUT2D eigenvalue weighted by Crippen LogP contribution is -2.61. The Bertz CT molecular complexity index is 1830. The molecular formula is C35H34BrF2N5O4. The zero-order valence-corrected chi connectivity index (χ0v) is 27.5. The van der Waals surface area contributed by atoms with Crippen molar-refractivity contribution in [3.63, 3.8) is 0 Å². The summed E-state index contributed by atoms with van der Waals surface area (Å²) < 4.78 is 28.7. The molecule has 2 aliphatic heterocycles. The van der Waals surface area contributed by atoms with Crippen molar-refractivity contribution in [3.8, 4) is 0 Å². The van der Waals surface area contributed by atoms with Crippen LogP contribution in [0.2, 0.25) is 0 Å². The highest BCUT2D eigenvalue weighted by atomic mass is 79.9. The van der Waals surface area contributed by atoms with Crippen LogP contribution in [0.15, 0.2) is 83.3 Å². The number of carbonyl (C=O) groups is 4. The fourth-order valence-corrected chi connectivity index (χ4v) is 6.76. The van der Waals surface area contributed by atoms with Gasteiger partial charge < -0.3 is 20.1 Å². The summed E-state index contributed by atoms with van der Waals surface area (Å²) in [5, 5.41) is 3.20. The van der Waals surface area contributed by atoms with Crippen molar-refractivity contribution in [2.45, 2.75) is 57.2 Å². The van der Waals surface area contributed by atoms with Crippen LogP contribution < -0.4 is 10.2 Å². The normalized spacial score (nSPS) is 20.0. The number of aromatic nitrogens is 1. The van der Waals surface area contributed by atoms with Gasteiger partial charge in [-0.25, -0.2) is 8.78 Å². The Kier molecular flexibility index (Phi) is 8.88. The molecule has 47 heavy (non-hydrogen) atoms. The van der Waals surface area contributed by atoms with Crippen LogP contribution in [0.4, 0.5) is 20.2 Å². The molecule has 1 aromatic heterocycles. The Morgan fingerprint density at radius 2 is 1.66 bits per heavy atom. The molecule has 6 rings (SSSR count). The fourth-order valence-electron chi connectivity index (χ4n) is 6.49. The summed E-state index contributed by atoms with van der Waals surface area (Å²) in [5.74, 6) is -4.66. The Hall–Kier alpha value is -4.58. The van der Waals surface area contributed by atoms with Crippen LogP contribution in [0, 0.1) is 0 Å². The second-order valence-corrected chi connectivity index (χ2v) is 13.0. The summed E-state index contributed by atoms with van der Waals surface area (Å²) in [6, 6.07) is 19.8. The lowest BCUT2D eigenvalue weighted by Gasteiger charge is -2.39. The van der Waals surface area contributed by atoms with Crippen molar-refractivity contribution < 1.29 is 28.0 Å².